The Hall–Kier alpha value is -8.98. The van der Waals surface area contributed by atoms with Crippen molar-refractivity contribution in [1.29, 1.82) is 0 Å². The normalized spacial score (nSPS) is 14.9. The summed E-state index contributed by atoms with van der Waals surface area (Å²) < 4.78 is 0. The molecule has 0 bridgehead atoms. The van der Waals surface area contributed by atoms with Crippen LogP contribution in [0, 0.1) is 6.92 Å². The van der Waals surface area contributed by atoms with E-state index in [0.717, 1.165) is 32.1 Å². The van der Waals surface area contributed by atoms with Crippen LogP contribution in [-0.2, 0) is 19.3 Å². The zero-order chi connectivity index (χ0) is 56.7. The topological polar surface area (TPSA) is 6.48 Å². The Labute approximate surface area is 495 Å². The first kappa shape index (κ1) is 55.9. The summed E-state index contributed by atoms with van der Waals surface area (Å²) in [5.41, 5.74) is 25.1. The van der Waals surface area contributed by atoms with Crippen LogP contribution in [-0.4, -0.2) is 12.1 Å². The van der Waals surface area contributed by atoms with E-state index in [0.29, 0.717) is 0 Å². The third-order valence-electron chi connectivity index (χ3n) is 16.6. The molecule has 0 spiro atoms. The minimum absolute atomic E-state index is 0.200. The van der Waals surface area contributed by atoms with Crippen molar-refractivity contribution in [3.63, 3.8) is 0 Å². The Balaban J connectivity index is 0.760. The molecule has 0 amide bonds. The average molecular weight is 1080 g/mol. The van der Waals surface area contributed by atoms with Gasteiger partial charge in [-0.15, -0.1) is 0 Å². The van der Waals surface area contributed by atoms with Crippen molar-refractivity contribution in [2.45, 2.75) is 97.6 Å². The summed E-state index contributed by atoms with van der Waals surface area (Å²) in [7, 11) is 0. The molecular formula is C81H78N2. The number of hydrogen-bond donors (Lipinski definition) is 0. The van der Waals surface area contributed by atoms with E-state index in [1.165, 1.54) is 137 Å². The third-order valence-corrected chi connectivity index (χ3v) is 16.6. The number of anilines is 4. The summed E-state index contributed by atoms with van der Waals surface area (Å²) in [6, 6.07) is 81.2. The number of unbranched alkanes of at least 4 members (excludes halogenated alkanes) is 2. The minimum Gasteiger partial charge on any atom is -0.334 e. The molecular weight excluding hydrogens is 1000 g/mol. The number of rotatable bonds is 21. The van der Waals surface area contributed by atoms with E-state index in [9.17, 15) is 0 Å². The largest absolute Gasteiger partial charge is 0.334 e. The van der Waals surface area contributed by atoms with Crippen molar-refractivity contribution in [2.75, 3.05) is 9.80 Å². The molecule has 2 atom stereocenters. The molecule has 11 rings (SSSR count). The maximum Gasteiger partial charge on any atom is 0.0560 e. The highest BCUT2D eigenvalue weighted by atomic mass is 15.2. The highest BCUT2D eigenvalue weighted by molar-refractivity contribution is 5.78. The average Bonchev–Trinajstić information content (AvgIpc) is 3.60. The number of hydrogen-bond acceptors (Lipinski definition) is 2. The predicted molar refractivity (Wildman–Crippen MR) is 359 cm³/mol. The molecule has 2 nitrogen and oxygen atoms in total. The predicted octanol–water partition coefficient (Wildman–Crippen LogP) is 22.1. The number of nitrogens with zero attached hydrogens (tertiary/aromatic N) is 2. The molecule has 2 heteroatoms. The van der Waals surface area contributed by atoms with Crippen LogP contribution >= 0.6 is 0 Å². The molecule has 412 valence electrons. The number of benzene rings is 9. The summed E-state index contributed by atoms with van der Waals surface area (Å²) in [5, 5.41) is 0. The Kier molecular flexibility index (Phi) is 18.3. The molecule has 0 unspecified atom stereocenters. The molecule has 9 aromatic rings. The van der Waals surface area contributed by atoms with Gasteiger partial charge in [-0.1, -0.05) is 276 Å². The van der Waals surface area contributed by atoms with E-state index in [1.807, 2.05) is 0 Å². The van der Waals surface area contributed by atoms with Crippen molar-refractivity contribution < 1.29 is 0 Å². The first-order chi connectivity index (χ1) is 40.9. The van der Waals surface area contributed by atoms with E-state index < -0.39 is 0 Å². The number of allylic oxidation sites excluding steroid dienone is 6. The molecule has 83 heavy (non-hydrogen) atoms. The van der Waals surface area contributed by atoms with E-state index in [1.54, 1.807) is 0 Å². The van der Waals surface area contributed by atoms with Gasteiger partial charge < -0.3 is 9.80 Å². The minimum atomic E-state index is 0.200. The van der Waals surface area contributed by atoms with Gasteiger partial charge in [0.25, 0.3) is 0 Å². The van der Waals surface area contributed by atoms with Gasteiger partial charge in [-0.3, -0.25) is 0 Å². The van der Waals surface area contributed by atoms with E-state index >= 15 is 0 Å². The van der Waals surface area contributed by atoms with E-state index in [-0.39, 0.29) is 12.1 Å². The van der Waals surface area contributed by atoms with Crippen LogP contribution in [0.2, 0.25) is 0 Å². The number of aryl methyl sites for hydroxylation is 4. The molecule has 0 N–H and O–H groups in total. The lowest BCUT2D eigenvalue weighted by Crippen LogP contribution is -2.31. The van der Waals surface area contributed by atoms with Gasteiger partial charge in [0.2, 0.25) is 0 Å². The van der Waals surface area contributed by atoms with Crippen molar-refractivity contribution >= 4 is 34.9 Å². The molecule has 0 fully saturated rings. The summed E-state index contributed by atoms with van der Waals surface area (Å²) >= 11 is 0. The first-order valence-electron chi connectivity index (χ1n) is 30.4. The fraction of sp³-hybridized carbons (Fsp3) is 0.185. The zero-order valence-corrected chi connectivity index (χ0v) is 49.0. The highest BCUT2D eigenvalue weighted by Crippen LogP contribution is 2.39. The lowest BCUT2D eigenvalue weighted by molar-refractivity contribution is 0.773. The standard InChI is InChI=1S/C81H78N2/c1-5-8-16-65-30-56-80(60(4)58-65)82(76-48-26-63(27-49-76)24-22-61-18-12-10-13-19-61)78-52-44-74(45-53-78)72-40-36-70(37-41-72)68-32-34-69(35-33-68)71-38-42-73(43-39-71)75-46-54-79(55-47-75)83(81-57-31-66(17-9-6-2)59-67(81)7-3)77-50-28-64(29-51-77)25-23-62-20-14-11-15-21-62/h10-15,18-48,50,52-59,76-77H,5-9,16-17,49,51H2,1-4H3/b24-22+,25-23+/t76-,77-/m0/s1. The molecule has 2 aliphatic rings. The third kappa shape index (κ3) is 13.9. The zero-order valence-electron chi connectivity index (χ0n) is 49.0. The molecule has 0 saturated carbocycles. The van der Waals surface area contributed by atoms with Crippen LogP contribution in [0.15, 0.2) is 278 Å². The summed E-state index contributed by atoms with van der Waals surface area (Å²) in [5.74, 6) is 0. The van der Waals surface area contributed by atoms with Gasteiger partial charge in [0.1, 0.15) is 0 Å². The van der Waals surface area contributed by atoms with Crippen LogP contribution < -0.4 is 9.80 Å². The fourth-order valence-corrected chi connectivity index (χ4v) is 11.8. The van der Waals surface area contributed by atoms with Gasteiger partial charge in [-0.05, 0) is 177 Å². The lowest BCUT2D eigenvalue weighted by atomic mass is 9.95. The van der Waals surface area contributed by atoms with Crippen molar-refractivity contribution in [3.8, 4) is 44.5 Å². The van der Waals surface area contributed by atoms with Gasteiger partial charge in [0, 0.05) is 22.7 Å². The van der Waals surface area contributed by atoms with Crippen molar-refractivity contribution in [2.24, 2.45) is 0 Å². The van der Waals surface area contributed by atoms with Crippen molar-refractivity contribution in [3.05, 3.63) is 312 Å². The second kappa shape index (κ2) is 27.2. The lowest BCUT2D eigenvalue weighted by Gasteiger charge is -2.35. The molecule has 0 radical (unpaired) electrons. The Bertz CT molecular complexity index is 3760. The van der Waals surface area contributed by atoms with Crippen LogP contribution in [0.25, 0.3) is 56.7 Å². The molecule has 0 aromatic heterocycles. The molecule has 2 aliphatic carbocycles. The summed E-state index contributed by atoms with van der Waals surface area (Å²) in [6.45, 7) is 9.11. The Morgan fingerprint density at radius 3 is 1.10 bits per heavy atom. The van der Waals surface area contributed by atoms with Gasteiger partial charge >= 0.3 is 0 Å². The SMILES string of the molecule is CCCCc1ccc(N(c2ccc(-c3ccc(-c4ccc(-c5ccc(-c6ccc(N(c7ccc(CCCC)cc7CC)[C@H]7C=CC(/C=C/c8ccccc8)=CC7)cc6)cc5)cc4)cc3)cc2)[C@H]2C=CC(/C=C/c3ccccc3)=CC2)c(C)c1. The second-order valence-electron chi connectivity index (χ2n) is 22.4. The summed E-state index contributed by atoms with van der Waals surface area (Å²) in [4.78, 5) is 5.10. The maximum atomic E-state index is 2.56. The van der Waals surface area contributed by atoms with Crippen LogP contribution in [0.4, 0.5) is 22.7 Å². The molecule has 9 aromatic carbocycles. The van der Waals surface area contributed by atoms with Gasteiger partial charge in [-0.25, -0.2) is 0 Å². The van der Waals surface area contributed by atoms with Gasteiger partial charge in [0.15, 0.2) is 0 Å². The summed E-state index contributed by atoms with van der Waals surface area (Å²) in [6.07, 6.45) is 32.9. The quantitative estimate of drug-likeness (QED) is 0.0708. The first-order valence-corrected chi connectivity index (χ1v) is 30.4. The Morgan fingerprint density at radius 1 is 0.386 bits per heavy atom. The fourth-order valence-electron chi connectivity index (χ4n) is 11.8. The molecule has 0 aliphatic heterocycles. The van der Waals surface area contributed by atoms with Crippen molar-refractivity contribution in [1.82, 2.24) is 0 Å². The van der Waals surface area contributed by atoms with Gasteiger partial charge in [-0.2, -0.15) is 0 Å². The molecule has 0 saturated heterocycles. The second-order valence-corrected chi connectivity index (χ2v) is 22.4. The Morgan fingerprint density at radius 2 is 0.747 bits per heavy atom. The van der Waals surface area contributed by atoms with E-state index in [4.69, 9.17) is 0 Å². The van der Waals surface area contributed by atoms with Crippen LogP contribution in [0.5, 0.6) is 0 Å². The smallest absolute Gasteiger partial charge is 0.0560 e. The van der Waals surface area contributed by atoms with Crippen LogP contribution in [0.3, 0.4) is 0 Å². The van der Waals surface area contributed by atoms with E-state index in [2.05, 4.69) is 317 Å². The maximum absolute atomic E-state index is 2.56. The highest BCUT2D eigenvalue weighted by Gasteiger charge is 2.24. The molecule has 0 heterocycles. The van der Waals surface area contributed by atoms with Crippen LogP contribution in [0.1, 0.15) is 92.7 Å². The van der Waals surface area contributed by atoms with Gasteiger partial charge in [0.05, 0.1) is 12.1 Å². The monoisotopic (exact) mass is 1080 g/mol.